The van der Waals surface area contributed by atoms with Crippen molar-refractivity contribution < 1.29 is 4.79 Å². The Morgan fingerprint density at radius 1 is 1.17 bits per heavy atom. The molecule has 1 aliphatic carbocycles. The molecule has 6 heteroatoms. The molecule has 0 saturated heterocycles. The molecule has 4 aromatic rings. The third-order valence-corrected chi connectivity index (χ3v) is 6.01. The van der Waals surface area contributed by atoms with Gasteiger partial charge in [-0.3, -0.25) is 4.79 Å². The number of H-pyrrole nitrogens is 2. The number of nitrogens with one attached hydrogen (secondary N) is 2. The predicted molar refractivity (Wildman–Crippen MR) is 110 cm³/mol. The van der Waals surface area contributed by atoms with Crippen LogP contribution in [0.5, 0.6) is 0 Å². The Kier molecular flexibility index (Phi) is 3.53. The summed E-state index contributed by atoms with van der Waals surface area (Å²) in [5.74, 6) is 0.0201. The highest BCUT2D eigenvalue weighted by molar-refractivity contribution is 6.20. The van der Waals surface area contributed by atoms with Gasteiger partial charge in [0.25, 0.3) is 0 Å². The number of aromatic nitrogens is 4. The standard InChI is InChI=1S/C23H19N5O/c1-4-13-8-16-17(9-15(13)19-11-25-28-27-19)23(2,3)22-20(21(16)29)14-6-5-12(10-24)7-18(14)26-22/h5-9,11,26H,4H2,1-3H3,(H,25,27,28). The molecule has 1 aliphatic rings. The first kappa shape index (κ1) is 17.4. The maximum Gasteiger partial charge on any atom is 0.195 e. The van der Waals surface area contributed by atoms with Gasteiger partial charge in [-0.1, -0.05) is 26.8 Å². The van der Waals surface area contributed by atoms with E-state index >= 15 is 0 Å². The van der Waals surface area contributed by atoms with E-state index in [4.69, 9.17) is 0 Å². The molecule has 0 aliphatic heterocycles. The van der Waals surface area contributed by atoms with Crippen LogP contribution in [0.15, 0.2) is 36.5 Å². The number of benzene rings is 2. The number of aryl methyl sites for hydroxylation is 1. The van der Waals surface area contributed by atoms with Gasteiger partial charge < -0.3 is 4.98 Å². The fourth-order valence-electron chi connectivity index (χ4n) is 4.45. The summed E-state index contributed by atoms with van der Waals surface area (Å²) in [4.78, 5) is 17.0. The smallest absolute Gasteiger partial charge is 0.195 e. The first-order chi connectivity index (χ1) is 14.0. The van der Waals surface area contributed by atoms with Crippen LogP contribution in [0.2, 0.25) is 0 Å². The SMILES string of the molecule is CCc1cc2c(cc1-c1cn[nH]n1)C(C)(C)c1[nH]c3cc(C#N)ccc3c1C2=O. The monoisotopic (exact) mass is 381 g/mol. The average Bonchev–Trinajstić information content (AvgIpc) is 3.39. The molecule has 29 heavy (non-hydrogen) atoms. The van der Waals surface area contributed by atoms with Gasteiger partial charge in [-0.25, -0.2) is 0 Å². The quantitative estimate of drug-likeness (QED) is 0.542. The molecule has 0 atom stereocenters. The van der Waals surface area contributed by atoms with E-state index in [9.17, 15) is 10.1 Å². The normalized spacial score (nSPS) is 14.5. The van der Waals surface area contributed by atoms with Crippen LogP contribution in [0.4, 0.5) is 0 Å². The maximum absolute atomic E-state index is 13.6. The Hall–Kier alpha value is -3.72. The van der Waals surface area contributed by atoms with Crippen LogP contribution in [0, 0.1) is 11.3 Å². The largest absolute Gasteiger partial charge is 0.357 e. The number of carbonyl (C=O) groups is 1. The first-order valence-electron chi connectivity index (χ1n) is 9.60. The van der Waals surface area contributed by atoms with E-state index in [-0.39, 0.29) is 5.78 Å². The van der Waals surface area contributed by atoms with Crippen molar-refractivity contribution in [2.75, 3.05) is 0 Å². The molecular weight excluding hydrogens is 362 g/mol. The molecule has 2 aromatic carbocycles. The van der Waals surface area contributed by atoms with Gasteiger partial charge >= 0.3 is 0 Å². The number of nitrogens with zero attached hydrogens (tertiary/aromatic N) is 3. The van der Waals surface area contributed by atoms with Crippen LogP contribution < -0.4 is 0 Å². The number of nitriles is 1. The molecule has 5 rings (SSSR count). The zero-order valence-electron chi connectivity index (χ0n) is 16.4. The van der Waals surface area contributed by atoms with Crippen LogP contribution in [-0.4, -0.2) is 26.2 Å². The summed E-state index contributed by atoms with van der Waals surface area (Å²) in [5.41, 5.74) is 7.10. The number of hydrogen-bond acceptors (Lipinski definition) is 4. The van der Waals surface area contributed by atoms with E-state index in [1.165, 1.54) is 0 Å². The average molecular weight is 381 g/mol. The van der Waals surface area contributed by atoms with Crippen LogP contribution >= 0.6 is 0 Å². The number of rotatable bonds is 2. The Balaban J connectivity index is 1.81. The first-order valence-corrected chi connectivity index (χ1v) is 9.60. The molecule has 0 fully saturated rings. The zero-order chi connectivity index (χ0) is 20.3. The number of carbonyl (C=O) groups excluding carboxylic acids is 1. The van der Waals surface area contributed by atoms with Crippen molar-refractivity contribution in [1.29, 1.82) is 5.26 Å². The summed E-state index contributed by atoms with van der Waals surface area (Å²) in [6.45, 7) is 6.32. The topological polar surface area (TPSA) is 98.2 Å². The third-order valence-electron chi connectivity index (χ3n) is 6.01. The lowest BCUT2D eigenvalue weighted by Gasteiger charge is -2.33. The second-order valence-electron chi connectivity index (χ2n) is 7.97. The second-order valence-corrected chi connectivity index (χ2v) is 7.97. The van der Waals surface area contributed by atoms with Gasteiger partial charge in [0.05, 0.1) is 23.4 Å². The Morgan fingerprint density at radius 3 is 2.69 bits per heavy atom. The highest BCUT2D eigenvalue weighted by atomic mass is 16.1. The van der Waals surface area contributed by atoms with Crippen molar-refractivity contribution in [3.63, 3.8) is 0 Å². The van der Waals surface area contributed by atoms with E-state index in [0.29, 0.717) is 11.1 Å². The van der Waals surface area contributed by atoms with Gasteiger partial charge in [0, 0.05) is 33.1 Å². The molecule has 0 unspecified atom stereocenters. The van der Waals surface area contributed by atoms with Crippen LogP contribution in [0.1, 0.15) is 59.1 Å². The summed E-state index contributed by atoms with van der Waals surface area (Å²) in [5, 5.41) is 21.0. The van der Waals surface area contributed by atoms with Crippen molar-refractivity contribution in [3.8, 4) is 17.3 Å². The van der Waals surface area contributed by atoms with Gasteiger partial charge in [0.1, 0.15) is 5.69 Å². The maximum atomic E-state index is 13.6. The second kappa shape index (κ2) is 5.89. The number of fused-ring (bicyclic) bond motifs is 4. The van der Waals surface area contributed by atoms with Gasteiger partial charge in [0.15, 0.2) is 5.78 Å². The summed E-state index contributed by atoms with van der Waals surface area (Å²) in [7, 11) is 0. The molecule has 2 heterocycles. The predicted octanol–water partition coefficient (Wildman–Crippen LogP) is 4.26. The molecule has 2 aromatic heterocycles. The fraction of sp³-hybridized carbons (Fsp3) is 0.217. The summed E-state index contributed by atoms with van der Waals surface area (Å²) < 4.78 is 0. The van der Waals surface area contributed by atoms with Crippen molar-refractivity contribution >= 4 is 16.7 Å². The number of ketones is 1. The van der Waals surface area contributed by atoms with Gasteiger partial charge in [-0.2, -0.15) is 20.7 Å². The lowest BCUT2D eigenvalue weighted by atomic mass is 9.70. The van der Waals surface area contributed by atoms with Crippen molar-refractivity contribution in [3.05, 3.63) is 70.0 Å². The van der Waals surface area contributed by atoms with Gasteiger partial charge in [0.2, 0.25) is 0 Å². The van der Waals surface area contributed by atoms with E-state index in [2.05, 4.69) is 53.3 Å². The lowest BCUT2D eigenvalue weighted by molar-refractivity contribution is 0.103. The Bertz CT molecular complexity index is 1340. The molecule has 6 nitrogen and oxygen atoms in total. The zero-order valence-corrected chi connectivity index (χ0v) is 16.4. The van der Waals surface area contributed by atoms with E-state index < -0.39 is 5.41 Å². The highest BCUT2D eigenvalue weighted by Gasteiger charge is 2.40. The van der Waals surface area contributed by atoms with Gasteiger partial charge in [-0.15, -0.1) is 0 Å². The number of hydrogen-bond donors (Lipinski definition) is 2. The minimum Gasteiger partial charge on any atom is -0.357 e. The molecule has 0 saturated carbocycles. The van der Waals surface area contributed by atoms with Crippen LogP contribution in [-0.2, 0) is 11.8 Å². The van der Waals surface area contributed by atoms with Gasteiger partial charge in [-0.05, 0) is 41.8 Å². The van der Waals surface area contributed by atoms with Crippen molar-refractivity contribution in [2.45, 2.75) is 32.6 Å². The molecule has 0 radical (unpaired) electrons. The minimum atomic E-state index is -0.408. The summed E-state index contributed by atoms with van der Waals surface area (Å²) >= 11 is 0. The summed E-state index contributed by atoms with van der Waals surface area (Å²) in [6, 6.07) is 11.7. The van der Waals surface area contributed by atoms with E-state index in [0.717, 1.165) is 51.0 Å². The van der Waals surface area contributed by atoms with E-state index in [1.807, 2.05) is 12.1 Å². The Labute approximate surface area is 167 Å². The molecular formula is C23H19N5O. The summed E-state index contributed by atoms with van der Waals surface area (Å²) in [6.07, 6.45) is 2.49. The fourth-order valence-corrected chi connectivity index (χ4v) is 4.45. The van der Waals surface area contributed by atoms with Crippen molar-refractivity contribution in [1.82, 2.24) is 20.4 Å². The molecule has 0 bridgehead atoms. The highest BCUT2D eigenvalue weighted by Crippen LogP contribution is 2.45. The molecule has 142 valence electrons. The van der Waals surface area contributed by atoms with Crippen LogP contribution in [0.3, 0.4) is 0 Å². The molecule has 0 spiro atoms. The van der Waals surface area contributed by atoms with E-state index in [1.54, 1.807) is 18.3 Å². The lowest BCUT2D eigenvalue weighted by Crippen LogP contribution is -2.30. The third kappa shape index (κ3) is 2.31. The number of aromatic amines is 2. The van der Waals surface area contributed by atoms with Crippen molar-refractivity contribution in [2.24, 2.45) is 0 Å². The minimum absolute atomic E-state index is 0.0201. The Morgan fingerprint density at radius 2 is 2.00 bits per heavy atom. The van der Waals surface area contributed by atoms with Crippen LogP contribution in [0.25, 0.3) is 22.2 Å². The molecule has 2 N–H and O–H groups in total. The molecule has 0 amide bonds.